The first kappa shape index (κ1) is 34.3. The number of hydrogen-bond donors (Lipinski definition) is 1. The third kappa shape index (κ3) is 8.79. The Morgan fingerprint density at radius 3 is 1.91 bits per heavy atom. The Balaban J connectivity index is 1.84. The highest BCUT2D eigenvalue weighted by Crippen LogP contribution is 2.32. The molecule has 1 N–H and O–H groups in total. The molecule has 45 heavy (non-hydrogen) atoms. The third-order valence-electron chi connectivity index (χ3n) is 7.08. The van der Waals surface area contributed by atoms with Crippen molar-refractivity contribution in [3.63, 3.8) is 0 Å². The van der Waals surface area contributed by atoms with Gasteiger partial charge in [0.1, 0.15) is 12.6 Å². The van der Waals surface area contributed by atoms with Crippen molar-refractivity contribution >= 4 is 62.3 Å². The van der Waals surface area contributed by atoms with Gasteiger partial charge in [0.05, 0.1) is 15.6 Å². The number of amides is 2. The minimum Gasteiger partial charge on any atom is -0.354 e. The normalized spacial score (nSPS) is 12.0. The van der Waals surface area contributed by atoms with Gasteiger partial charge >= 0.3 is 0 Å². The van der Waals surface area contributed by atoms with Crippen LogP contribution in [0.1, 0.15) is 25.0 Å². The predicted octanol–water partition coefficient (Wildman–Crippen LogP) is 7.25. The van der Waals surface area contributed by atoms with E-state index in [-0.39, 0.29) is 40.4 Å². The first-order valence-electron chi connectivity index (χ1n) is 14.3. The highest BCUT2D eigenvalue weighted by molar-refractivity contribution is 7.92. The van der Waals surface area contributed by atoms with Gasteiger partial charge < -0.3 is 10.2 Å². The number of para-hydroxylation sites is 1. The van der Waals surface area contributed by atoms with Gasteiger partial charge in [0.25, 0.3) is 10.0 Å². The first-order valence-corrected chi connectivity index (χ1v) is 16.9. The minimum absolute atomic E-state index is 0.0195. The van der Waals surface area contributed by atoms with E-state index in [1.807, 2.05) is 44.2 Å². The van der Waals surface area contributed by atoms with Crippen LogP contribution in [0.25, 0.3) is 0 Å². The average Bonchev–Trinajstić information content (AvgIpc) is 3.02. The smallest absolute Gasteiger partial charge is 0.264 e. The minimum atomic E-state index is -4.27. The Morgan fingerprint density at radius 2 is 1.31 bits per heavy atom. The van der Waals surface area contributed by atoms with Gasteiger partial charge in [-0.1, -0.05) is 115 Å². The molecule has 0 aliphatic carbocycles. The summed E-state index contributed by atoms with van der Waals surface area (Å²) in [7, 11) is -4.27. The molecule has 4 aromatic rings. The Bertz CT molecular complexity index is 1700. The molecule has 0 aliphatic heterocycles. The van der Waals surface area contributed by atoms with Crippen molar-refractivity contribution < 1.29 is 18.0 Å². The summed E-state index contributed by atoms with van der Waals surface area (Å²) < 4.78 is 29.1. The number of anilines is 1. The summed E-state index contributed by atoms with van der Waals surface area (Å²) in [5, 5.41) is 3.70. The lowest BCUT2D eigenvalue weighted by Crippen LogP contribution is -2.53. The van der Waals surface area contributed by atoms with Gasteiger partial charge in [-0.2, -0.15) is 0 Å². The molecular weight excluding hydrogens is 653 g/mol. The molecule has 1 atom stereocenters. The lowest BCUT2D eigenvalue weighted by atomic mass is 10.0. The number of benzene rings is 4. The van der Waals surface area contributed by atoms with Crippen LogP contribution in [0.5, 0.6) is 0 Å². The van der Waals surface area contributed by atoms with Crippen molar-refractivity contribution in [3.05, 3.63) is 129 Å². The van der Waals surface area contributed by atoms with Gasteiger partial charge in [-0.05, 0) is 47.9 Å². The average molecular weight is 687 g/mol. The maximum absolute atomic E-state index is 14.5. The van der Waals surface area contributed by atoms with E-state index in [2.05, 4.69) is 5.32 Å². The Morgan fingerprint density at radius 1 is 0.756 bits per heavy atom. The van der Waals surface area contributed by atoms with Crippen LogP contribution < -0.4 is 9.62 Å². The number of sulfonamides is 1. The number of halogens is 3. The Labute approximate surface area is 279 Å². The molecule has 0 saturated heterocycles. The number of hydrogen-bond acceptors (Lipinski definition) is 4. The molecule has 2 amide bonds. The Kier molecular flexibility index (Phi) is 11.9. The van der Waals surface area contributed by atoms with Crippen LogP contribution in [-0.2, 0) is 32.6 Å². The van der Waals surface area contributed by atoms with Crippen molar-refractivity contribution in [2.24, 2.45) is 5.92 Å². The van der Waals surface area contributed by atoms with Crippen molar-refractivity contribution in [1.29, 1.82) is 0 Å². The summed E-state index contributed by atoms with van der Waals surface area (Å²) in [6, 6.07) is 27.4. The number of carbonyl (C=O) groups excluding carboxylic acids is 2. The summed E-state index contributed by atoms with van der Waals surface area (Å²) in [4.78, 5) is 29.7. The van der Waals surface area contributed by atoms with Crippen LogP contribution in [0, 0.1) is 5.92 Å². The molecule has 0 aliphatic rings. The maximum Gasteiger partial charge on any atom is 0.264 e. The zero-order valence-electron chi connectivity index (χ0n) is 24.9. The predicted molar refractivity (Wildman–Crippen MR) is 181 cm³/mol. The zero-order valence-corrected chi connectivity index (χ0v) is 28.0. The topological polar surface area (TPSA) is 86.8 Å². The second kappa shape index (κ2) is 15.6. The first-order chi connectivity index (χ1) is 21.5. The molecule has 0 bridgehead atoms. The summed E-state index contributed by atoms with van der Waals surface area (Å²) in [6.07, 6.45) is 0.163. The summed E-state index contributed by atoms with van der Waals surface area (Å²) in [5.74, 6) is -0.884. The molecule has 7 nitrogen and oxygen atoms in total. The number of carbonyl (C=O) groups is 2. The van der Waals surface area contributed by atoms with Crippen molar-refractivity contribution in [3.8, 4) is 0 Å². The van der Waals surface area contributed by atoms with E-state index in [4.69, 9.17) is 34.8 Å². The summed E-state index contributed by atoms with van der Waals surface area (Å²) in [6.45, 7) is 3.52. The van der Waals surface area contributed by atoms with Gasteiger partial charge in [-0.25, -0.2) is 8.42 Å². The molecule has 0 fully saturated rings. The quantitative estimate of drug-likeness (QED) is 0.161. The fraction of sp³-hybridized carbons (Fsp3) is 0.235. The molecule has 4 rings (SSSR count). The molecule has 0 aromatic heterocycles. The zero-order chi connectivity index (χ0) is 32.6. The van der Waals surface area contributed by atoms with E-state index < -0.39 is 28.5 Å². The monoisotopic (exact) mass is 685 g/mol. The van der Waals surface area contributed by atoms with E-state index in [0.29, 0.717) is 22.2 Å². The fourth-order valence-corrected chi connectivity index (χ4v) is 6.98. The largest absolute Gasteiger partial charge is 0.354 e. The molecule has 1 unspecified atom stereocenters. The summed E-state index contributed by atoms with van der Waals surface area (Å²) in [5.41, 5.74) is 1.36. The van der Waals surface area contributed by atoms with E-state index >= 15 is 0 Å². The molecule has 0 saturated carbocycles. The Hall–Kier alpha value is -3.56. The number of rotatable bonds is 13. The van der Waals surface area contributed by atoms with E-state index in [1.54, 1.807) is 54.6 Å². The molecular formula is C34H34Cl3N3O4S. The maximum atomic E-state index is 14.5. The molecule has 236 valence electrons. The van der Waals surface area contributed by atoms with Crippen LogP contribution in [0.15, 0.2) is 108 Å². The summed E-state index contributed by atoms with van der Waals surface area (Å²) >= 11 is 19.6. The second-order valence-corrected chi connectivity index (χ2v) is 13.9. The lowest BCUT2D eigenvalue weighted by Gasteiger charge is -2.34. The van der Waals surface area contributed by atoms with Crippen molar-refractivity contribution in [2.75, 3.05) is 17.4 Å². The lowest BCUT2D eigenvalue weighted by molar-refractivity contribution is -0.140. The van der Waals surface area contributed by atoms with E-state index in [1.165, 1.54) is 23.1 Å². The highest BCUT2D eigenvalue weighted by atomic mass is 35.5. The van der Waals surface area contributed by atoms with E-state index in [9.17, 15) is 18.0 Å². The molecule has 4 aromatic carbocycles. The number of nitrogens with zero attached hydrogens (tertiary/aromatic N) is 2. The highest BCUT2D eigenvalue weighted by Gasteiger charge is 2.35. The standard InChI is InChI=1S/C34H34Cl3N3O4S/c1-24(2)21-38-34(42)32(20-25-12-5-3-6-13-25)39(22-27-28(35)17-11-18-29(27)36)33(41)23-40(31-19-10-9-16-30(31)37)45(43,44)26-14-7-4-8-15-26/h3-19,24,32H,20-23H2,1-2H3,(H,38,42). The van der Waals surface area contributed by atoms with Gasteiger partial charge in [-0.15, -0.1) is 0 Å². The molecule has 0 radical (unpaired) electrons. The van der Waals surface area contributed by atoms with Crippen LogP contribution >= 0.6 is 34.8 Å². The fourth-order valence-electron chi connectivity index (χ4n) is 4.72. The molecule has 11 heteroatoms. The third-order valence-corrected chi connectivity index (χ3v) is 9.88. The second-order valence-electron chi connectivity index (χ2n) is 10.8. The van der Waals surface area contributed by atoms with Crippen molar-refractivity contribution in [2.45, 2.75) is 37.8 Å². The van der Waals surface area contributed by atoms with Gasteiger partial charge in [0, 0.05) is 35.1 Å². The van der Waals surface area contributed by atoms with Crippen molar-refractivity contribution in [1.82, 2.24) is 10.2 Å². The molecule has 0 spiro atoms. The molecule has 0 heterocycles. The van der Waals surface area contributed by atoms with E-state index in [0.717, 1.165) is 9.87 Å². The SMILES string of the molecule is CC(C)CNC(=O)C(Cc1ccccc1)N(Cc1c(Cl)cccc1Cl)C(=O)CN(c1ccccc1Cl)S(=O)(=O)c1ccccc1. The van der Waals surface area contributed by atoms with Crippen LogP contribution in [0.2, 0.25) is 15.1 Å². The van der Waals surface area contributed by atoms with Crippen LogP contribution in [-0.4, -0.2) is 44.3 Å². The van der Waals surface area contributed by atoms with Crippen LogP contribution in [0.4, 0.5) is 5.69 Å². The van der Waals surface area contributed by atoms with Gasteiger partial charge in [0.15, 0.2) is 0 Å². The number of nitrogens with one attached hydrogen (secondary N) is 1. The van der Waals surface area contributed by atoms with Gasteiger partial charge in [-0.3, -0.25) is 13.9 Å². The van der Waals surface area contributed by atoms with Crippen LogP contribution in [0.3, 0.4) is 0 Å². The van der Waals surface area contributed by atoms with Gasteiger partial charge in [0.2, 0.25) is 11.8 Å².